The minimum atomic E-state index is -0.566. The normalized spacial score (nSPS) is 15.6. The van der Waals surface area contributed by atoms with E-state index in [9.17, 15) is 0 Å². The Hall–Kier alpha value is -8.53. The minimum absolute atomic E-state index is 0.201. The molecule has 0 N–H and O–H groups in total. The number of benzene rings is 9. The highest BCUT2D eigenvalue weighted by molar-refractivity contribution is 5.96. The van der Waals surface area contributed by atoms with E-state index in [1.54, 1.807) is 0 Å². The number of allylic oxidation sites excluding steroid dienone is 4. The van der Waals surface area contributed by atoms with Gasteiger partial charge in [0, 0.05) is 28.0 Å². The zero-order valence-corrected chi connectivity index (χ0v) is 39.2. The topological polar surface area (TPSA) is 38.7 Å². The average Bonchev–Trinajstić information content (AvgIpc) is 3.74. The van der Waals surface area contributed by atoms with Crippen LogP contribution in [0, 0.1) is 0 Å². The van der Waals surface area contributed by atoms with E-state index in [1.807, 2.05) is 36.4 Å². The molecule has 1 heterocycles. The first-order valence-corrected chi connectivity index (χ1v) is 24.5. The van der Waals surface area contributed by atoms with E-state index in [2.05, 4.69) is 220 Å². The molecule has 332 valence electrons. The van der Waals surface area contributed by atoms with Crippen LogP contribution in [0.25, 0.3) is 73.1 Å². The lowest BCUT2D eigenvalue weighted by atomic mass is 9.55. The van der Waals surface area contributed by atoms with Crippen molar-refractivity contribution >= 4 is 5.57 Å². The van der Waals surface area contributed by atoms with Gasteiger partial charge in [0.1, 0.15) is 0 Å². The fourth-order valence-corrected chi connectivity index (χ4v) is 11.8. The average molecular weight is 896 g/mol. The fourth-order valence-electron chi connectivity index (χ4n) is 11.8. The Labute approximate surface area is 410 Å². The zero-order valence-electron chi connectivity index (χ0n) is 39.2. The molecule has 0 saturated carbocycles. The summed E-state index contributed by atoms with van der Waals surface area (Å²) >= 11 is 0. The van der Waals surface area contributed by atoms with Crippen molar-refractivity contribution in [3.8, 4) is 67.5 Å². The molecule has 70 heavy (non-hydrogen) atoms. The molecule has 1 atom stereocenters. The number of hydrogen-bond donors (Lipinski definition) is 0. The van der Waals surface area contributed by atoms with Crippen LogP contribution in [0.1, 0.15) is 70.7 Å². The van der Waals surface area contributed by atoms with Crippen molar-refractivity contribution in [3.63, 3.8) is 0 Å². The first kappa shape index (κ1) is 41.6. The van der Waals surface area contributed by atoms with Gasteiger partial charge in [-0.2, -0.15) is 0 Å². The van der Waals surface area contributed by atoms with Crippen LogP contribution in [0.5, 0.6) is 0 Å². The summed E-state index contributed by atoms with van der Waals surface area (Å²) in [5.74, 6) is 2.18. The number of rotatable bonds is 7. The molecule has 1 unspecified atom stereocenters. The van der Waals surface area contributed by atoms with Crippen LogP contribution in [0.15, 0.2) is 243 Å². The van der Waals surface area contributed by atoms with E-state index in [4.69, 9.17) is 15.0 Å². The Morgan fingerprint density at radius 1 is 0.371 bits per heavy atom. The van der Waals surface area contributed by atoms with Crippen molar-refractivity contribution in [2.75, 3.05) is 0 Å². The van der Waals surface area contributed by atoms with E-state index in [1.165, 1.54) is 83.5 Å². The molecule has 3 heteroatoms. The third kappa shape index (κ3) is 6.68. The van der Waals surface area contributed by atoms with Gasteiger partial charge in [0.25, 0.3) is 0 Å². The molecule has 0 aliphatic heterocycles. The maximum Gasteiger partial charge on any atom is 0.164 e. The van der Waals surface area contributed by atoms with E-state index in [0.29, 0.717) is 17.5 Å². The largest absolute Gasteiger partial charge is 0.208 e. The molecule has 1 aromatic heterocycles. The van der Waals surface area contributed by atoms with Crippen LogP contribution in [0.2, 0.25) is 0 Å². The van der Waals surface area contributed by atoms with Crippen molar-refractivity contribution in [1.29, 1.82) is 0 Å². The second-order valence-corrected chi connectivity index (χ2v) is 19.4. The van der Waals surface area contributed by atoms with Crippen LogP contribution < -0.4 is 0 Å². The molecule has 13 rings (SSSR count). The summed E-state index contributed by atoms with van der Waals surface area (Å²) in [4.78, 5) is 15.8. The van der Waals surface area contributed by atoms with Gasteiger partial charge in [-0.25, -0.2) is 15.0 Å². The van der Waals surface area contributed by atoms with Crippen molar-refractivity contribution in [1.82, 2.24) is 15.0 Å². The first-order chi connectivity index (χ1) is 34.4. The maximum atomic E-state index is 5.34. The minimum Gasteiger partial charge on any atom is -0.208 e. The predicted molar refractivity (Wildman–Crippen MR) is 287 cm³/mol. The molecule has 1 spiro atoms. The highest BCUT2D eigenvalue weighted by atomic mass is 15.0. The summed E-state index contributed by atoms with van der Waals surface area (Å²) in [6.07, 6.45) is 8.05. The molecular weight excluding hydrogens is 847 g/mol. The Kier molecular flexibility index (Phi) is 9.88. The standard InChI is InChI=1S/C67H49N3/c1-66(2)57-27-12-14-29-59(57)67(60-30-15-13-28-58(60)66)56-41-40-53(48-38-34-46(35-39-48)45-32-36-47(37-33-45)52-25-16-24-51(42-52)44-18-6-3-7-19-44)43-55(56)62-54(26-17-31-61(62)67)65-69-63(49-20-8-4-9-21-49)68-64(70-65)50-22-10-5-11-23-50/h3-38,40-43,48H,39H2,1-2H3. The van der Waals surface area contributed by atoms with Gasteiger partial charge < -0.3 is 0 Å². The lowest BCUT2D eigenvalue weighted by Gasteiger charge is -2.46. The maximum absolute atomic E-state index is 5.34. The SMILES string of the molecule is CC1(C)c2ccccc2C2(c3ccc(C4C=CC(c5ccc(-c6cccc(-c7ccccc7)c6)cc5)=CC4)cc3-c3c(-c4nc(-c5ccccc5)nc(-c5ccccc5)n4)cccc32)c2ccccc21. The van der Waals surface area contributed by atoms with Gasteiger partial charge in [0.15, 0.2) is 17.5 Å². The molecule has 0 radical (unpaired) electrons. The summed E-state index contributed by atoms with van der Waals surface area (Å²) in [6, 6.07) is 81.5. The summed E-state index contributed by atoms with van der Waals surface area (Å²) < 4.78 is 0. The Bertz CT molecular complexity index is 3590. The Balaban J connectivity index is 0.937. The third-order valence-corrected chi connectivity index (χ3v) is 15.2. The summed E-state index contributed by atoms with van der Waals surface area (Å²) in [6.45, 7) is 4.76. The van der Waals surface area contributed by atoms with Crippen molar-refractivity contribution < 1.29 is 0 Å². The van der Waals surface area contributed by atoms with Crippen LogP contribution in [-0.4, -0.2) is 15.0 Å². The lowest BCUT2D eigenvalue weighted by Crippen LogP contribution is -2.40. The van der Waals surface area contributed by atoms with Crippen molar-refractivity contribution in [3.05, 3.63) is 287 Å². The molecule has 0 amide bonds. The first-order valence-electron chi connectivity index (χ1n) is 24.5. The van der Waals surface area contributed by atoms with Gasteiger partial charge in [0.2, 0.25) is 0 Å². The van der Waals surface area contributed by atoms with Gasteiger partial charge in [-0.15, -0.1) is 0 Å². The smallest absolute Gasteiger partial charge is 0.164 e. The summed E-state index contributed by atoms with van der Waals surface area (Å²) in [7, 11) is 0. The monoisotopic (exact) mass is 895 g/mol. The number of hydrogen-bond acceptors (Lipinski definition) is 3. The molecule has 3 aliphatic carbocycles. The second-order valence-electron chi connectivity index (χ2n) is 19.4. The highest BCUT2D eigenvalue weighted by Crippen LogP contribution is 2.63. The Morgan fingerprint density at radius 2 is 0.857 bits per heavy atom. The second kappa shape index (κ2) is 16.6. The van der Waals surface area contributed by atoms with Crippen LogP contribution >= 0.6 is 0 Å². The van der Waals surface area contributed by atoms with E-state index in [-0.39, 0.29) is 11.3 Å². The highest BCUT2D eigenvalue weighted by Gasteiger charge is 2.54. The fraction of sp³-hybridized carbons (Fsp3) is 0.0896. The quantitative estimate of drug-likeness (QED) is 0.160. The van der Waals surface area contributed by atoms with Crippen molar-refractivity contribution in [2.24, 2.45) is 0 Å². The molecule has 0 bridgehead atoms. The van der Waals surface area contributed by atoms with Crippen LogP contribution in [0.3, 0.4) is 0 Å². The molecule has 0 fully saturated rings. The van der Waals surface area contributed by atoms with Gasteiger partial charge in [-0.1, -0.05) is 250 Å². The van der Waals surface area contributed by atoms with E-state index in [0.717, 1.165) is 23.1 Å². The predicted octanol–water partition coefficient (Wildman–Crippen LogP) is 16.3. The summed E-state index contributed by atoms with van der Waals surface area (Å²) in [5, 5.41) is 0. The van der Waals surface area contributed by atoms with Gasteiger partial charge >= 0.3 is 0 Å². The van der Waals surface area contributed by atoms with Gasteiger partial charge in [-0.3, -0.25) is 0 Å². The zero-order chi connectivity index (χ0) is 46.8. The number of fused-ring (bicyclic) bond motifs is 9. The Morgan fingerprint density at radius 3 is 1.44 bits per heavy atom. The number of aromatic nitrogens is 3. The van der Waals surface area contributed by atoms with Crippen LogP contribution in [-0.2, 0) is 10.8 Å². The molecular formula is C67H49N3. The molecule has 9 aromatic carbocycles. The third-order valence-electron chi connectivity index (χ3n) is 15.2. The molecule has 0 saturated heterocycles. The molecule has 3 nitrogen and oxygen atoms in total. The molecule has 3 aliphatic rings. The lowest BCUT2D eigenvalue weighted by molar-refractivity contribution is 0.563. The van der Waals surface area contributed by atoms with Gasteiger partial charge in [0.05, 0.1) is 5.41 Å². The van der Waals surface area contributed by atoms with Crippen molar-refractivity contribution in [2.45, 2.75) is 37.0 Å². The molecule has 10 aromatic rings. The van der Waals surface area contributed by atoms with Gasteiger partial charge in [-0.05, 0) is 95.9 Å². The van der Waals surface area contributed by atoms with E-state index >= 15 is 0 Å². The van der Waals surface area contributed by atoms with E-state index < -0.39 is 5.41 Å². The van der Waals surface area contributed by atoms with Crippen LogP contribution in [0.4, 0.5) is 0 Å². The summed E-state index contributed by atoms with van der Waals surface area (Å²) in [5.41, 5.74) is 21.1. The number of nitrogens with zero attached hydrogens (tertiary/aromatic N) is 3.